The largest absolute Gasteiger partial charge is 0.496 e. The van der Waals surface area contributed by atoms with Gasteiger partial charge in [-0.1, -0.05) is 12.1 Å². The SMILES string of the molecule is CCOC(=O)c1c(N)c(C2CCCOC2)nn1-c1ccc(CNC(=O)c2cc(F)ccc2OC)cc1. The van der Waals surface area contributed by atoms with E-state index in [0.29, 0.717) is 30.3 Å². The smallest absolute Gasteiger partial charge is 0.359 e. The molecule has 190 valence electrons. The van der Waals surface area contributed by atoms with Crippen LogP contribution in [0.3, 0.4) is 0 Å². The molecule has 36 heavy (non-hydrogen) atoms. The number of hydrogen-bond donors (Lipinski definition) is 2. The molecule has 0 aliphatic carbocycles. The molecule has 1 atom stereocenters. The van der Waals surface area contributed by atoms with E-state index in [1.54, 1.807) is 31.2 Å². The zero-order valence-corrected chi connectivity index (χ0v) is 20.3. The highest BCUT2D eigenvalue weighted by Gasteiger charge is 2.29. The summed E-state index contributed by atoms with van der Waals surface area (Å²) in [6.45, 7) is 3.34. The molecule has 3 aromatic rings. The number of rotatable bonds is 8. The molecular formula is C26H29FN4O5. The molecule has 3 N–H and O–H groups in total. The Hall–Kier alpha value is -3.92. The summed E-state index contributed by atoms with van der Waals surface area (Å²) in [6.07, 6.45) is 1.77. The average molecular weight is 497 g/mol. The number of methoxy groups -OCH3 is 1. The van der Waals surface area contributed by atoms with Crippen LogP contribution in [0, 0.1) is 5.82 Å². The number of hydrogen-bond acceptors (Lipinski definition) is 7. The molecule has 0 bridgehead atoms. The lowest BCUT2D eigenvalue weighted by atomic mass is 9.97. The van der Waals surface area contributed by atoms with Crippen molar-refractivity contribution in [2.45, 2.75) is 32.2 Å². The highest BCUT2D eigenvalue weighted by atomic mass is 19.1. The third-order valence-corrected chi connectivity index (χ3v) is 6.01. The summed E-state index contributed by atoms with van der Waals surface area (Å²) in [5.74, 6) is -1.25. The first-order chi connectivity index (χ1) is 17.4. The normalized spacial score (nSPS) is 15.4. The first-order valence-corrected chi connectivity index (χ1v) is 11.8. The van der Waals surface area contributed by atoms with Crippen molar-refractivity contribution in [2.75, 3.05) is 32.7 Å². The molecular weight excluding hydrogens is 467 g/mol. The molecule has 2 heterocycles. The molecule has 1 amide bonds. The Morgan fingerprint density at radius 3 is 2.69 bits per heavy atom. The second kappa shape index (κ2) is 11.2. The maximum atomic E-state index is 13.6. The van der Waals surface area contributed by atoms with E-state index in [2.05, 4.69) is 10.4 Å². The average Bonchev–Trinajstić information content (AvgIpc) is 3.25. The number of amides is 1. The summed E-state index contributed by atoms with van der Waals surface area (Å²) < 4.78 is 31.1. The van der Waals surface area contributed by atoms with Gasteiger partial charge in [0.15, 0.2) is 5.69 Å². The summed E-state index contributed by atoms with van der Waals surface area (Å²) >= 11 is 0. The summed E-state index contributed by atoms with van der Waals surface area (Å²) in [5, 5.41) is 7.43. The lowest BCUT2D eigenvalue weighted by Gasteiger charge is -2.20. The molecule has 10 heteroatoms. The molecule has 9 nitrogen and oxygen atoms in total. The van der Waals surface area contributed by atoms with Crippen LogP contribution < -0.4 is 15.8 Å². The van der Waals surface area contributed by atoms with Crippen molar-refractivity contribution in [1.82, 2.24) is 15.1 Å². The second-order valence-electron chi connectivity index (χ2n) is 8.39. The number of nitrogen functional groups attached to an aromatic ring is 1. The van der Waals surface area contributed by atoms with Crippen molar-refractivity contribution in [3.8, 4) is 11.4 Å². The van der Waals surface area contributed by atoms with Gasteiger partial charge in [-0.05, 0) is 55.7 Å². The Morgan fingerprint density at radius 1 is 1.25 bits per heavy atom. The van der Waals surface area contributed by atoms with E-state index in [9.17, 15) is 14.0 Å². The minimum absolute atomic E-state index is 0.00229. The number of carbonyl (C=O) groups is 2. The van der Waals surface area contributed by atoms with E-state index in [0.717, 1.165) is 24.5 Å². The van der Waals surface area contributed by atoms with E-state index >= 15 is 0 Å². The van der Waals surface area contributed by atoms with Gasteiger partial charge < -0.3 is 25.3 Å². The fourth-order valence-electron chi connectivity index (χ4n) is 4.18. The molecule has 4 rings (SSSR count). The first kappa shape index (κ1) is 25.2. The van der Waals surface area contributed by atoms with Crippen molar-refractivity contribution in [3.63, 3.8) is 0 Å². The predicted octanol–water partition coefficient (Wildman–Crippen LogP) is 3.60. The number of halogens is 1. The number of benzene rings is 2. The van der Waals surface area contributed by atoms with Gasteiger partial charge in [-0.25, -0.2) is 13.9 Å². The van der Waals surface area contributed by atoms with Gasteiger partial charge in [0.25, 0.3) is 5.91 Å². The van der Waals surface area contributed by atoms with Crippen LogP contribution in [0.2, 0.25) is 0 Å². The topological polar surface area (TPSA) is 118 Å². The molecule has 0 spiro atoms. The van der Waals surface area contributed by atoms with Crippen LogP contribution in [0.25, 0.3) is 5.69 Å². The molecule has 1 saturated heterocycles. The number of nitrogens with two attached hydrogens (primary N) is 1. The lowest BCUT2D eigenvalue weighted by Crippen LogP contribution is -2.23. The second-order valence-corrected chi connectivity index (χ2v) is 8.39. The van der Waals surface area contributed by atoms with Gasteiger partial charge in [0, 0.05) is 19.1 Å². The van der Waals surface area contributed by atoms with Crippen molar-refractivity contribution >= 4 is 17.6 Å². The van der Waals surface area contributed by atoms with Crippen LogP contribution >= 0.6 is 0 Å². The molecule has 1 unspecified atom stereocenters. The fourth-order valence-corrected chi connectivity index (χ4v) is 4.18. The van der Waals surface area contributed by atoms with Crippen molar-refractivity contribution in [1.29, 1.82) is 0 Å². The van der Waals surface area contributed by atoms with Crippen LogP contribution in [0.4, 0.5) is 10.1 Å². The standard InChI is InChI=1S/C26H29FN4O5/c1-3-36-26(33)24-22(28)23(17-5-4-12-35-15-17)30-31(24)19-9-6-16(7-10-19)14-29-25(32)20-13-18(27)8-11-21(20)34-2/h6-11,13,17H,3-5,12,14-15,28H2,1-2H3,(H,29,32). The van der Waals surface area contributed by atoms with Gasteiger partial charge in [-0.15, -0.1) is 0 Å². The van der Waals surface area contributed by atoms with Crippen molar-refractivity contribution in [2.24, 2.45) is 0 Å². The number of ether oxygens (including phenoxy) is 3. The van der Waals surface area contributed by atoms with Crippen LogP contribution in [-0.2, 0) is 16.0 Å². The highest BCUT2D eigenvalue weighted by Crippen LogP contribution is 2.32. The van der Waals surface area contributed by atoms with E-state index in [1.807, 2.05) is 0 Å². The molecule has 1 aliphatic heterocycles. The van der Waals surface area contributed by atoms with E-state index in [-0.39, 0.29) is 36.1 Å². The molecule has 1 fully saturated rings. The van der Waals surface area contributed by atoms with Crippen molar-refractivity contribution < 1.29 is 28.2 Å². The molecule has 1 aliphatic rings. The minimum Gasteiger partial charge on any atom is -0.496 e. The van der Waals surface area contributed by atoms with Gasteiger partial charge in [0.2, 0.25) is 0 Å². The van der Waals surface area contributed by atoms with Crippen LogP contribution in [0.15, 0.2) is 42.5 Å². The number of aromatic nitrogens is 2. The number of anilines is 1. The quantitative estimate of drug-likeness (QED) is 0.458. The summed E-state index contributed by atoms with van der Waals surface area (Å²) in [7, 11) is 1.42. The zero-order valence-electron chi connectivity index (χ0n) is 20.3. The Balaban J connectivity index is 1.55. The zero-order chi connectivity index (χ0) is 25.7. The number of esters is 1. The molecule has 0 radical (unpaired) electrons. The first-order valence-electron chi connectivity index (χ1n) is 11.8. The Bertz CT molecular complexity index is 1240. The van der Waals surface area contributed by atoms with E-state index in [4.69, 9.17) is 19.9 Å². The molecule has 1 aromatic heterocycles. The molecule has 2 aromatic carbocycles. The van der Waals surface area contributed by atoms with Gasteiger partial charge in [-0.2, -0.15) is 5.10 Å². The summed E-state index contributed by atoms with van der Waals surface area (Å²) in [4.78, 5) is 25.3. The maximum Gasteiger partial charge on any atom is 0.359 e. The van der Waals surface area contributed by atoms with Gasteiger partial charge in [0.05, 0.1) is 43.0 Å². The maximum absolute atomic E-state index is 13.6. The highest BCUT2D eigenvalue weighted by molar-refractivity contribution is 5.97. The van der Waals surface area contributed by atoms with E-state index < -0.39 is 17.7 Å². The van der Waals surface area contributed by atoms with Crippen LogP contribution in [0.1, 0.15) is 57.8 Å². The van der Waals surface area contributed by atoms with Gasteiger partial charge in [0.1, 0.15) is 11.6 Å². The minimum atomic E-state index is -0.550. The number of carbonyl (C=O) groups excluding carboxylic acids is 2. The number of nitrogens with one attached hydrogen (secondary N) is 1. The Labute approximate surface area is 208 Å². The van der Waals surface area contributed by atoms with Crippen LogP contribution in [0.5, 0.6) is 5.75 Å². The third-order valence-electron chi connectivity index (χ3n) is 6.01. The van der Waals surface area contributed by atoms with Crippen molar-refractivity contribution in [3.05, 3.63) is 70.8 Å². The monoisotopic (exact) mass is 496 g/mol. The Kier molecular flexibility index (Phi) is 7.84. The summed E-state index contributed by atoms with van der Waals surface area (Å²) in [5.41, 5.74) is 9.00. The summed E-state index contributed by atoms with van der Waals surface area (Å²) in [6, 6.07) is 10.9. The van der Waals surface area contributed by atoms with Crippen LogP contribution in [-0.4, -0.2) is 48.6 Å². The predicted molar refractivity (Wildman–Crippen MR) is 131 cm³/mol. The lowest BCUT2D eigenvalue weighted by molar-refractivity contribution is 0.0517. The van der Waals surface area contributed by atoms with Gasteiger partial charge in [-0.3, -0.25) is 4.79 Å². The fraction of sp³-hybridized carbons (Fsp3) is 0.346. The van der Waals surface area contributed by atoms with Gasteiger partial charge >= 0.3 is 5.97 Å². The molecule has 0 saturated carbocycles. The third kappa shape index (κ3) is 5.33. The number of nitrogens with zero attached hydrogens (tertiary/aromatic N) is 2. The Morgan fingerprint density at radius 2 is 2.03 bits per heavy atom. The van der Waals surface area contributed by atoms with E-state index in [1.165, 1.54) is 23.9 Å².